The monoisotopic (exact) mass is 245 g/mol. The largest absolute Gasteiger partial charge is 0.784 e. The highest BCUT2D eigenvalue weighted by Gasteiger charge is 2.29. The van der Waals surface area contributed by atoms with E-state index >= 15 is 0 Å². The molecular weight excluding hydrogens is 232 g/mol. The Morgan fingerprint density at radius 2 is 2.28 bits per heavy atom. The fourth-order valence-corrected chi connectivity index (χ4v) is 2.52. The number of nitrogens with one attached hydrogen (secondary N) is 1. The number of methoxy groups -OCH3 is 1. The number of hydrogen-bond donors (Lipinski definition) is 1. The number of nitrogens with zero attached hydrogens (tertiary/aromatic N) is 1. The van der Waals surface area contributed by atoms with Crippen LogP contribution >= 0.6 is 0 Å². The molecule has 5 heteroatoms. The molecule has 1 N–H and O–H groups in total. The Labute approximate surface area is 104 Å². The van der Waals surface area contributed by atoms with E-state index in [0.717, 1.165) is 27.2 Å². The van der Waals surface area contributed by atoms with Crippen LogP contribution in [0.4, 0.5) is 0 Å². The highest BCUT2D eigenvalue weighted by Crippen LogP contribution is 2.29. The molecule has 1 aliphatic heterocycles. The van der Waals surface area contributed by atoms with Crippen molar-refractivity contribution in [3.63, 3.8) is 0 Å². The molecule has 2 heterocycles. The molecule has 1 aliphatic rings. The molecule has 94 valence electrons. The van der Waals surface area contributed by atoms with Crippen molar-refractivity contribution in [2.45, 2.75) is 19.0 Å². The number of fused-ring (bicyclic) bond motifs is 3. The number of rotatable bonds is 1. The van der Waals surface area contributed by atoms with Crippen molar-refractivity contribution < 1.29 is 9.53 Å². The zero-order valence-corrected chi connectivity index (χ0v) is 9.97. The van der Waals surface area contributed by atoms with Gasteiger partial charge in [-0.15, -0.1) is 0 Å². The van der Waals surface area contributed by atoms with Gasteiger partial charge in [0.25, 0.3) is 0 Å². The summed E-state index contributed by atoms with van der Waals surface area (Å²) >= 11 is 0. The van der Waals surface area contributed by atoms with Crippen molar-refractivity contribution in [3.05, 3.63) is 40.7 Å². The summed E-state index contributed by atoms with van der Waals surface area (Å²) in [5, 5.41) is 13.7. The van der Waals surface area contributed by atoms with Gasteiger partial charge in [0, 0.05) is 29.6 Å². The molecule has 0 fully saturated rings. The SMILES string of the molecule is COC(=O)C1Cc2c([nH]c3ccccc23)CN1[O-]. The summed E-state index contributed by atoms with van der Waals surface area (Å²) < 4.78 is 4.67. The minimum Gasteiger partial charge on any atom is -0.784 e. The van der Waals surface area contributed by atoms with Crippen LogP contribution in [0, 0.1) is 5.21 Å². The lowest BCUT2D eigenvalue weighted by atomic mass is 9.98. The minimum absolute atomic E-state index is 0.198. The van der Waals surface area contributed by atoms with E-state index in [2.05, 4.69) is 9.72 Å². The molecule has 0 amide bonds. The van der Waals surface area contributed by atoms with Crippen molar-refractivity contribution >= 4 is 16.9 Å². The summed E-state index contributed by atoms with van der Waals surface area (Å²) in [5.41, 5.74) is 2.95. The van der Waals surface area contributed by atoms with Gasteiger partial charge < -0.3 is 20.0 Å². The van der Waals surface area contributed by atoms with Gasteiger partial charge in [-0.2, -0.15) is 0 Å². The van der Waals surface area contributed by atoms with Crippen LogP contribution in [0.25, 0.3) is 10.9 Å². The van der Waals surface area contributed by atoms with Gasteiger partial charge in [-0.3, -0.25) is 4.79 Å². The third-order valence-electron chi connectivity index (χ3n) is 3.43. The molecule has 1 atom stereocenters. The number of para-hydroxylation sites is 1. The number of ether oxygens (including phenoxy) is 1. The predicted molar refractivity (Wildman–Crippen MR) is 66.7 cm³/mol. The number of carbonyl (C=O) groups excluding carboxylic acids is 1. The van der Waals surface area contributed by atoms with E-state index in [1.165, 1.54) is 7.11 Å². The molecule has 0 radical (unpaired) electrons. The number of benzene rings is 1. The molecule has 0 saturated heterocycles. The Kier molecular flexibility index (Phi) is 2.57. The van der Waals surface area contributed by atoms with Crippen LogP contribution in [0.5, 0.6) is 0 Å². The molecule has 3 rings (SSSR count). The quantitative estimate of drug-likeness (QED) is 0.774. The Morgan fingerprint density at radius 1 is 1.50 bits per heavy atom. The number of esters is 1. The summed E-state index contributed by atoms with van der Waals surface area (Å²) in [7, 11) is 1.31. The summed E-state index contributed by atoms with van der Waals surface area (Å²) in [6, 6.07) is 7.13. The van der Waals surface area contributed by atoms with Crippen molar-refractivity contribution in [2.24, 2.45) is 0 Å². The number of aromatic nitrogens is 1. The maximum atomic E-state index is 11.8. The molecule has 0 aliphatic carbocycles. The van der Waals surface area contributed by atoms with Crippen LogP contribution in [0.3, 0.4) is 0 Å². The fraction of sp³-hybridized carbons (Fsp3) is 0.308. The standard InChI is InChI=1S/C13H13N2O3/c1-18-13(16)12-6-9-8-4-2-3-5-10(8)14-11(9)7-15(12)17/h2-5,12,14H,6-7H2,1H3/q-1. The van der Waals surface area contributed by atoms with E-state index < -0.39 is 12.0 Å². The first kappa shape index (κ1) is 11.3. The first-order chi connectivity index (χ1) is 8.70. The van der Waals surface area contributed by atoms with E-state index in [-0.39, 0.29) is 6.54 Å². The summed E-state index contributed by atoms with van der Waals surface area (Å²) in [6.07, 6.45) is 0.398. The lowest BCUT2D eigenvalue weighted by molar-refractivity contribution is -0.146. The normalized spacial score (nSPS) is 19.8. The van der Waals surface area contributed by atoms with Crippen molar-refractivity contribution in [3.8, 4) is 0 Å². The number of H-pyrrole nitrogens is 1. The number of hydroxylamine groups is 2. The van der Waals surface area contributed by atoms with Gasteiger partial charge in [0.05, 0.1) is 7.11 Å². The molecular formula is C13H13N2O3-. The lowest BCUT2D eigenvalue weighted by Crippen LogP contribution is -2.42. The van der Waals surface area contributed by atoms with E-state index in [1.807, 2.05) is 24.3 Å². The summed E-state index contributed by atoms with van der Waals surface area (Å²) in [6.45, 7) is 0.198. The number of carbonyl (C=O) groups is 1. The molecule has 5 nitrogen and oxygen atoms in total. The average Bonchev–Trinajstić information content (AvgIpc) is 2.74. The van der Waals surface area contributed by atoms with Crippen LogP contribution in [0.1, 0.15) is 11.3 Å². The third-order valence-corrected chi connectivity index (χ3v) is 3.43. The second-order valence-corrected chi connectivity index (χ2v) is 4.45. The van der Waals surface area contributed by atoms with Crippen molar-refractivity contribution in [1.29, 1.82) is 0 Å². The molecule has 0 spiro atoms. The van der Waals surface area contributed by atoms with Gasteiger partial charge in [-0.1, -0.05) is 18.2 Å². The average molecular weight is 245 g/mol. The predicted octanol–water partition coefficient (Wildman–Crippen LogP) is 1.57. The number of hydrogen-bond acceptors (Lipinski definition) is 4. The molecule has 2 aromatic rings. The zero-order chi connectivity index (χ0) is 12.7. The van der Waals surface area contributed by atoms with Crippen LogP contribution < -0.4 is 0 Å². The van der Waals surface area contributed by atoms with Crippen LogP contribution in [-0.2, 0) is 22.5 Å². The first-order valence-corrected chi connectivity index (χ1v) is 5.80. The fourth-order valence-electron chi connectivity index (χ4n) is 2.52. The van der Waals surface area contributed by atoms with Crippen LogP contribution in [0.15, 0.2) is 24.3 Å². The van der Waals surface area contributed by atoms with Gasteiger partial charge in [-0.05, 0) is 11.6 Å². The van der Waals surface area contributed by atoms with Crippen LogP contribution in [0.2, 0.25) is 0 Å². The van der Waals surface area contributed by atoms with Gasteiger partial charge in [0.15, 0.2) is 0 Å². The Morgan fingerprint density at radius 3 is 3.06 bits per heavy atom. The second kappa shape index (κ2) is 4.12. The summed E-state index contributed by atoms with van der Waals surface area (Å²) in [5.74, 6) is -0.471. The molecule has 1 unspecified atom stereocenters. The smallest absolute Gasteiger partial charge is 0.322 e. The second-order valence-electron chi connectivity index (χ2n) is 4.45. The molecule has 0 bridgehead atoms. The Hall–Kier alpha value is -1.85. The molecule has 18 heavy (non-hydrogen) atoms. The first-order valence-electron chi connectivity index (χ1n) is 5.80. The molecule has 0 saturated carbocycles. The van der Waals surface area contributed by atoms with Gasteiger partial charge in [-0.25, -0.2) is 0 Å². The molecule has 1 aromatic carbocycles. The van der Waals surface area contributed by atoms with Crippen molar-refractivity contribution in [2.75, 3.05) is 7.11 Å². The highest BCUT2D eigenvalue weighted by atomic mass is 16.5. The van der Waals surface area contributed by atoms with Crippen molar-refractivity contribution in [1.82, 2.24) is 10.0 Å². The highest BCUT2D eigenvalue weighted by molar-refractivity contribution is 5.86. The summed E-state index contributed by atoms with van der Waals surface area (Å²) in [4.78, 5) is 14.8. The van der Waals surface area contributed by atoms with Gasteiger partial charge in [0.2, 0.25) is 0 Å². The maximum Gasteiger partial charge on any atom is 0.322 e. The van der Waals surface area contributed by atoms with E-state index in [4.69, 9.17) is 0 Å². The van der Waals surface area contributed by atoms with E-state index in [1.54, 1.807) is 0 Å². The van der Waals surface area contributed by atoms with E-state index in [9.17, 15) is 10.0 Å². The van der Waals surface area contributed by atoms with E-state index in [0.29, 0.717) is 6.42 Å². The third kappa shape index (κ3) is 1.60. The molecule has 1 aromatic heterocycles. The maximum absolute atomic E-state index is 11.8. The number of aromatic amines is 1. The topological polar surface area (TPSA) is 68.4 Å². The van der Waals surface area contributed by atoms with Gasteiger partial charge >= 0.3 is 5.97 Å². The Balaban J connectivity index is 2.06. The van der Waals surface area contributed by atoms with Crippen LogP contribution in [-0.4, -0.2) is 29.2 Å². The Bertz CT molecular complexity index is 605. The van der Waals surface area contributed by atoms with Gasteiger partial charge in [0.1, 0.15) is 6.04 Å². The lowest BCUT2D eigenvalue weighted by Gasteiger charge is -2.38. The zero-order valence-electron chi connectivity index (χ0n) is 9.97. The minimum atomic E-state index is -0.735.